The molecule has 2 heterocycles. The van der Waals surface area contributed by atoms with E-state index in [4.69, 9.17) is 14.2 Å². The molecule has 0 unspecified atom stereocenters. The van der Waals surface area contributed by atoms with E-state index in [0.29, 0.717) is 5.92 Å². The van der Waals surface area contributed by atoms with E-state index in [1.54, 1.807) is 0 Å². The van der Waals surface area contributed by atoms with Crippen molar-refractivity contribution in [2.24, 2.45) is 5.92 Å². The van der Waals surface area contributed by atoms with Gasteiger partial charge in [0.05, 0.1) is 6.10 Å². The highest BCUT2D eigenvalue weighted by Gasteiger charge is 2.53. The van der Waals surface area contributed by atoms with Gasteiger partial charge in [-0.25, -0.2) is 0 Å². The van der Waals surface area contributed by atoms with Gasteiger partial charge in [0, 0.05) is 5.92 Å². The van der Waals surface area contributed by atoms with Crippen molar-refractivity contribution >= 4 is 0 Å². The van der Waals surface area contributed by atoms with E-state index in [0.717, 1.165) is 12.8 Å². The summed E-state index contributed by atoms with van der Waals surface area (Å²) in [7, 11) is 0. The van der Waals surface area contributed by atoms with E-state index in [1.807, 2.05) is 26.0 Å². The fourth-order valence-corrected chi connectivity index (χ4v) is 2.46. The number of rotatable bonds is 4. The van der Waals surface area contributed by atoms with Crippen LogP contribution < -0.4 is 0 Å². The predicted molar refractivity (Wildman–Crippen MR) is 61.8 cm³/mol. The van der Waals surface area contributed by atoms with Crippen molar-refractivity contribution in [2.75, 3.05) is 0 Å². The quantitative estimate of drug-likeness (QED) is 0.687. The molecule has 0 aromatic rings. The van der Waals surface area contributed by atoms with E-state index in [-0.39, 0.29) is 18.5 Å². The molecule has 0 spiro atoms. The van der Waals surface area contributed by atoms with Crippen LogP contribution in [0.15, 0.2) is 25.3 Å². The molecular weight excluding hydrogens is 204 g/mol. The van der Waals surface area contributed by atoms with Crippen LogP contribution in [0, 0.1) is 5.92 Å². The molecule has 2 aliphatic heterocycles. The second-order valence-corrected chi connectivity index (χ2v) is 4.83. The van der Waals surface area contributed by atoms with Crippen LogP contribution in [0.1, 0.15) is 26.7 Å². The first kappa shape index (κ1) is 11.8. The smallest absolute Gasteiger partial charge is 0.188 e. The molecule has 2 saturated heterocycles. The molecule has 0 aliphatic carbocycles. The summed E-state index contributed by atoms with van der Waals surface area (Å²) in [6.07, 6.45) is 5.55. The first-order chi connectivity index (χ1) is 7.57. The van der Waals surface area contributed by atoms with E-state index in [9.17, 15) is 0 Å². The van der Waals surface area contributed by atoms with E-state index < -0.39 is 5.79 Å². The third-order valence-corrected chi connectivity index (χ3v) is 3.16. The zero-order valence-corrected chi connectivity index (χ0v) is 10.0. The maximum Gasteiger partial charge on any atom is 0.188 e. The van der Waals surface area contributed by atoms with Crippen molar-refractivity contribution in [3.63, 3.8) is 0 Å². The van der Waals surface area contributed by atoms with Crippen molar-refractivity contribution in [3.05, 3.63) is 25.3 Å². The van der Waals surface area contributed by atoms with Gasteiger partial charge < -0.3 is 14.2 Å². The minimum absolute atomic E-state index is 0.0259. The van der Waals surface area contributed by atoms with E-state index in [1.165, 1.54) is 0 Å². The van der Waals surface area contributed by atoms with Gasteiger partial charge in [0.15, 0.2) is 12.1 Å². The highest BCUT2D eigenvalue weighted by atomic mass is 16.8. The summed E-state index contributed by atoms with van der Waals surface area (Å²) >= 11 is 0. The van der Waals surface area contributed by atoms with Crippen LogP contribution in [-0.2, 0) is 14.2 Å². The predicted octanol–water partition coefficient (Wildman–Crippen LogP) is 2.63. The van der Waals surface area contributed by atoms with Crippen molar-refractivity contribution in [2.45, 2.75) is 51.0 Å². The third kappa shape index (κ3) is 2.08. The summed E-state index contributed by atoms with van der Waals surface area (Å²) in [4.78, 5) is 0. The van der Waals surface area contributed by atoms with Crippen molar-refractivity contribution in [3.8, 4) is 0 Å². The number of fused-ring (bicyclic) bond motifs is 1. The lowest BCUT2D eigenvalue weighted by molar-refractivity contribution is -0.205. The highest BCUT2D eigenvalue weighted by Crippen LogP contribution is 2.42. The number of hydrogen-bond acceptors (Lipinski definition) is 3. The molecule has 3 heteroatoms. The first-order valence-electron chi connectivity index (χ1n) is 5.82. The number of allylic oxidation sites excluding steroid dienone is 1. The molecule has 0 aromatic heterocycles. The molecule has 2 rings (SSSR count). The van der Waals surface area contributed by atoms with Crippen LogP contribution in [0.25, 0.3) is 0 Å². The Kier molecular flexibility index (Phi) is 3.19. The second-order valence-electron chi connectivity index (χ2n) is 4.83. The van der Waals surface area contributed by atoms with Crippen molar-refractivity contribution in [1.29, 1.82) is 0 Å². The van der Waals surface area contributed by atoms with Gasteiger partial charge in [-0.05, 0) is 26.7 Å². The van der Waals surface area contributed by atoms with Crippen molar-refractivity contribution < 1.29 is 14.2 Å². The molecule has 0 aromatic carbocycles. The molecule has 16 heavy (non-hydrogen) atoms. The zero-order valence-electron chi connectivity index (χ0n) is 10.0. The second kappa shape index (κ2) is 4.32. The Hall–Kier alpha value is -0.640. The summed E-state index contributed by atoms with van der Waals surface area (Å²) in [5.41, 5.74) is 0. The standard InChI is InChI=1S/C13H20O3/c1-5-7-8-9-10(6-2)14-12-11(9)15-13(3,4)16-12/h5-6,9-12H,1-2,7-8H2,3-4H3/t9-,10-,11-,12-/m1/s1. The summed E-state index contributed by atoms with van der Waals surface area (Å²) in [6, 6.07) is 0. The molecular formula is C13H20O3. The summed E-state index contributed by atoms with van der Waals surface area (Å²) in [6.45, 7) is 11.4. The Morgan fingerprint density at radius 3 is 2.62 bits per heavy atom. The summed E-state index contributed by atoms with van der Waals surface area (Å²) in [5, 5.41) is 0. The fraction of sp³-hybridized carbons (Fsp3) is 0.692. The lowest BCUT2D eigenvalue weighted by atomic mass is 9.93. The lowest BCUT2D eigenvalue weighted by Gasteiger charge is -2.23. The molecule has 2 fully saturated rings. The maximum atomic E-state index is 5.89. The van der Waals surface area contributed by atoms with Crippen LogP contribution in [0.4, 0.5) is 0 Å². The molecule has 90 valence electrons. The maximum absolute atomic E-state index is 5.89. The van der Waals surface area contributed by atoms with Crippen molar-refractivity contribution in [1.82, 2.24) is 0 Å². The largest absolute Gasteiger partial charge is 0.342 e. The number of hydrogen-bond donors (Lipinski definition) is 0. The molecule has 0 bridgehead atoms. The summed E-state index contributed by atoms with van der Waals surface area (Å²) in [5.74, 6) is -0.212. The molecule has 0 amide bonds. The van der Waals surface area contributed by atoms with Crippen LogP contribution in [0.5, 0.6) is 0 Å². The van der Waals surface area contributed by atoms with Crippen LogP contribution in [0.2, 0.25) is 0 Å². The lowest BCUT2D eigenvalue weighted by Crippen LogP contribution is -2.29. The first-order valence-corrected chi connectivity index (χ1v) is 5.82. The van der Waals surface area contributed by atoms with Gasteiger partial charge in [-0.15, -0.1) is 13.2 Å². The fourth-order valence-electron chi connectivity index (χ4n) is 2.46. The van der Waals surface area contributed by atoms with Gasteiger partial charge in [-0.3, -0.25) is 0 Å². The molecule has 0 N–H and O–H groups in total. The Morgan fingerprint density at radius 2 is 2.00 bits per heavy atom. The topological polar surface area (TPSA) is 27.7 Å². The van der Waals surface area contributed by atoms with Gasteiger partial charge in [0.1, 0.15) is 6.10 Å². The highest BCUT2D eigenvalue weighted by molar-refractivity contribution is 5.00. The van der Waals surface area contributed by atoms with Gasteiger partial charge in [-0.1, -0.05) is 12.2 Å². The average Bonchev–Trinajstić information content (AvgIpc) is 2.67. The Labute approximate surface area is 97.1 Å². The zero-order chi connectivity index (χ0) is 11.8. The van der Waals surface area contributed by atoms with E-state index in [2.05, 4.69) is 13.2 Å². The Balaban J connectivity index is 2.07. The minimum Gasteiger partial charge on any atom is -0.342 e. The molecule has 2 aliphatic rings. The van der Waals surface area contributed by atoms with Gasteiger partial charge >= 0.3 is 0 Å². The van der Waals surface area contributed by atoms with Crippen LogP contribution >= 0.6 is 0 Å². The SMILES string of the molecule is C=CCC[C@H]1[C@H]2OC(C)(C)O[C@H]2O[C@@H]1C=C. The average molecular weight is 224 g/mol. The molecule has 0 radical (unpaired) electrons. The van der Waals surface area contributed by atoms with E-state index >= 15 is 0 Å². The van der Waals surface area contributed by atoms with Crippen LogP contribution in [0.3, 0.4) is 0 Å². The minimum atomic E-state index is -0.534. The Bertz CT molecular complexity index is 285. The Morgan fingerprint density at radius 1 is 1.25 bits per heavy atom. The third-order valence-electron chi connectivity index (χ3n) is 3.16. The normalized spacial score (nSPS) is 40.6. The molecule has 4 atom stereocenters. The summed E-state index contributed by atoms with van der Waals surface area (Å²) < 4.78 is 17.4. The monoisotopic (exact) mass is 224 g/mol. The van der Waals surface area contributed by atoms with Crippen LogP contribution in [-0.4, -0.2) is 24.3 Å². The van der Waals surface area contributed by atoms with Gasteiger partial charge in [0.25, 0.3) is 0 Å². The molecule has 3 nitrogen and oxygen atoms in total. The number of ether oxygens (including phenoxy) is 3. The van der Waals surface area contributed by atoms with Gasteiger partial charge in [0.2, 0.25) is 0 Å². The van der Waals surface area contributed by atoms with Gasteiger partial charge in [-0.2, -0.15) is 0 Å². The molecule has 0 saturated carbocycles.